The Bertz CT molecular complexity index is 678. The summed E-state index contributed by atoms with van der Waals surface area (Å²) in [6.45, 7) is 0. The average molecular weight is 282 g/mol. The van der Waals surface area contributed by atoms with Crippen molar-refractivity contribution in [2.45, 2.75) is 25.7 Å². The zero-order chi connectivity index (χ0) is 14.8. The first kappa shape index (κ1) is 13.7. The molecule has 3 heteroatoms. The fourth-order valence-corrected chi connectivity index (χ4v) is 2.94. The number of hydrogen-bond acceptors (Lipinski definition) is 3. The van der Waals surface area contributed by atoms with Crippen molar-refractivity contribution in [1.82, 2.24) is 0 Å². The van der Waals surface area contributed by atoms with Crippen molar-refractivity contribution in [2.75, 3.05) is 7.11 Å². The van der Waals surface area contributed by atoms with E-state index in [4.69, 9.17) is 4.74 Å². The number of aryl methyl sites for hydroxylation is 1. The van der Waals surface area contributed by atoms with Crippen LogP contribution in [0.15, 0.2) is 47.1 Å². The summed E-state index contributed by atoms with van der Waals surface area (Å²) in [5, 5.41) is 9.52. The normalized spacial score (nSPS) is 17.3. The lowest BCUT2D eigenvalue weighted by Gasteiger charge is -2.21. The van der Waals surface area contributed by atoms with Gasteiger partial charge in [-0.25, -0.2) is 4.79 Å². The molecule has 3 nitrogen and oxygen atoms in total. The molecule has 0 fully saturated rings. The zero-order valence-corrected chi connectivity index (χ0v) is 12.1. The standard InChI is InChI=1S/C18H18O3/c1-21-18(20)13-4-2-12(3-5-13)14-6-7-16-11-17(19)9-8-15(16)10-14/h2,4,8-11,19H,3,5-7H2,1H3. The number of ether oxygens (including phenoxy) is 1. The van der Waals surface area contributed by atoms with Crippen molar-refractivity contribution in [1.29, 1.82) is 0 Å². The highest BCUT2D eigenvalue weighted by Gasteiger charge is 2.18. The Morgan fingerprint density at radius 3 is 2.62 bits per heavy atom. The Morgan fingerprint density at radius 2 is 1.90 bits per heavy atom. The summed E-state index contributed by atoms with van der Waals surface area (Å²) >= 11 is 0. The van der Waals surface area contributed by atoms with Gasteiger partial charge in [0.2, 0.25) is 0 Å². The number of carbonyl (C=O) groups is 1. The van der Waals surface area contributed by atoms with Gasteiger partial charge in [-0.15, -0.1) is 0 Å². The molecule has 2 aliphatic rings. The third kappa shape index (κ3) is 2.77. The molecule has 1 aromatic carbocycles. The third-order valence-electron chi connectivity index (χ3n) is 4.13. The molecule has 0 saturated heterocycles. The van der Waals surface area contributed by atoms with Crippen molar-refractivity contribution in [2.24, 2.45) is 0 Å². The Morgan fingerprint density at radius 1 is 1.10 bits per heavy atom. The van der Waals surface area contributed by atoms with Crippen LogP contribution in [0.1, 0.15) is 30.4 Å². The van der Waals surface area contributed by atoms with Crippen molar-refractivity contribution in [3.05, 3.63) is 58.2 Å². The smallest absolute Gasteiger partial charge is 0.333 e. The summed E-state index contributed by atoms with van der Waals surface area (Å²) < 4.78 is 4.75. The van der Waals surface area contributed by atoms with Crippen LogP contribution in [0.25, 0.3) is 6.08 Å². The van der Waals surface area contributed by atoms with Crippen LogP contribution >= 0.6 is 0 Å². The largest absolute Gasteiger partial charge is 0.508 e. The van der Waals surface area contributed by atoms with Gasteiger partial charge >= 0.3 is 5.97 Å². The minimum absolute atomic E-state index is 0.233. The molecule has 0 unspecified atom stereocenters. The van der Waals surface area contributed by atoms with Crippen LogP contribution in [-0.2, 0) is 16.0 Å². The van der Waals surface area contributed by atoms with Crippen molar-refractivity contribution in [3.8, 4) is 5.75 Å². The van der Waals surface area contributed by atoms with Gasteiger partial charge in [-0.05, 0) is 60.1 Å². The van der Waals surface area contributed by atoms with Crippen LogP contribution in [0.3, 0.4) is 0 Å². The number of rotatable bonds is 2. The number of aromatic hydroxyl groups is 1. The van der Waals surface area contributed by atoms with E-state index < -0.39 is 0 Å². The van der Waals surface area contributed by atoms with Gasteiger partial charge in [-0.2, -0.15) is 0 Å². The number of methoxy groups -OCH3 is 1. The Balaban J connectivity index is 1.86. The summed E-state index contributed by atoms with van der Waals surface area (Å²) in [5.74, 6) is 0.0943. The van der Waals surface area contributed by atoms with Gasteiger partial charge in [0, 0.05) is 5.57 Å². The molecule has 0 radical (unpaired) electrons. The summed E-state index contributed by atoms with van der Waals surface area (Å²) in [6.07, 6.45) is 9.63. The number of esters is 1. The third-order valence-corrected chi connectivity index (χ3v) is 4.13. The minimum atomic E-state index is -0.233. The van der Waals surface area contributed by atoms with Crippen LogP contribution in [0, 0.1) is 0 Å². The fraction of sp³-hybridized carbons (Fsp3) is 0.278. The van der Waals surface area contributed by atoms with Gasteiger partial charge in [-0.1, -0.05) is 24.3 Å². The van der Waals surface area contributed by atoms with Crippen molar-refractivity contribution < 1.29 is 14.6 Å². The number of benzene rings is 1. The molecule has 0 saturated carbocycles. The number of phenols is 1. The van der Waals surface area contributed by atoms with E-state index in [-0.39, 0.29) is 5.97 Å². The maximum absolute atomic E-state index is 11.5. The first-order chi connectivity index (χ1) is 10.2. The summed E-state index contributed by atoms with van der Waals surface area (Å²) in [7, 11) is 1.42. The molecular formula is C18H18O3. The monoisotopic (exact) mass is 282 g/mol. The summed E-state index contributed by atoms with van der Waals surface area (Å²) in [4.78, 5) is 11.5. The number of phenolic OH excluding ortho intramolecular Hbond substituents is 1. The highest BCUT2D eigenvalue weighted by Crippen LogP contribution is 2.34. The second-order valence-corrected chi connectivity index (χ2v) is 5.43. The molecule has 0 aromatic heterocycles. The minimum Gasteiger partial charge on any atom is -0.508 e. The van der Waals surface area contributed by atoms with Crippen molar-refractivity contribution >= 4 is 12.0 Å². The van der Waals surface area contributed by atoms with E-state index in [0.717, 1.165) is 31.3 Å². The second kappa shape index (κ2) is 5.60. The highest BCUT2D eigenvalue weighted by atomic mass is 16.5. The van der Waals surface area contributed by atoms with Gasteiger partial charge < -0.3 is 9.84 Å². The second-order valence-electron chi connectivity index (χ2n) is 5.43. The summed E-state index contributed by atoms with van der Waals surface area (Å²) in [5.41, 5.74) is 5.73. The molecule has 0 bridgehead atoms. The molecule has 1 N–H and O–H groups in total. The van der Waals surface area contributed by atoms with Crippen LogP contribution in [0.5, 0.6) is 5.75 Å². The number of allylic oxidation sites excluding steroid dienone is 4. The molecule has 3 rings (SSSR count). The lowest BCUT2D eigenvalue weighted by molar-refractivity contribution is -0.136. The zero-order valence-electron chi connectivity index (χ0n) is 12.1. The summed E-state index contributed by atoms with van der Waals surface area (Å²) in [6, 6.07) is 5.53. The molecule has 0 aliphatic heterocycles. The van der Waals surface area contributed by atoms with E-state index in [2.05, 4.69) is 6.08 Å². The van der Waals surface area contributed by atoms with Crippen LogP contribution < -0.4 is 0 Å². The van der Waals surface area contributed by atoms with E-state index in [1.165, 1.54) is 29.4 Å². The molecule has 21 heavy (non-hydrogen) atoms. The number of carbonyl (C=O) groups excluding carboxylic acids is 1. The van der Waals surface area contributed by atoms with Gasteiger partial charge in [-0.3, -0.25) is 0 Å². The molecule has 0 heterocycles. The van der Waals surface area contributed by atoms with Crippen LogP contribution in [-0.4, -0.2) is 18.2 Å². The van der Waals surface area contributed by atoms with Gasteiger partial charge in [0.25, 0.3) is 0 Å². The highest BCUT2D eigenvalue weighted by molar-refractivity contribution is 5.89. The maximum atomic E-state index is 11.5. The molecule has 2 aliphatic carbocycles. The molecule has 0 amide bonds. The topological polar surface area (TPSA) is 46.5 Å². The Hall–Kier alpha value is -2.29. The van der Waals surface area contributed by atoms with Gasteiger partial charge in [0.1, 0.15) is 5.75 Å². The number of hydrogen-bond donors (Lipinski definition) is 1. The maximum Gasteiger partial charge on any atom is 0.333 e. The SMILES string of the molecule is COC(=O)C1=CC=C(C2=Cc3ccc(O)cc3CC2)CC1. The fourth-order valence-electron chi connectivity index (χ4n) is 2.94. The molecule has 0 atom stereocenters. The van der Waals surface area contributed by atoms with E-state index >= 15 is 0 Å². The average Bonchev–Trinajstić information content (AvgIpc) is 2.53. The van der Waals surface area contributed by atoms with E-state index in [0.29, 0.717) is 5.75 Å². The van der Waals surface area contributed by atoms with E-state index in [9.17, 15) is 9.90 Å². The van der Waals surface area contributed by atoms with Crippen molar-refractivity contribution in [3.63, 3.8) is 0 Å². The lowest BCUT2D eigenvalue weighted by atomic mass is 9.84. The molecule has 0 spiro atoms. The van der Waals surface area contributed by atoms with E-state index in [1.807, 2.05) is 24.3 Å². The molecule has 108 valence electrons. The van der Waals surface area contributed by atoms with Gasteiger partial charge in [0.15, 0.2) is 0 Å². The van der Waals surface area contributed by atoms with Crippen LogP contribution in [0.4, 0.5) is 0 Å². The Labute approximate surface area is 124 Å². The molecule has 1 aromatic rings. The quantitative estimate of drug-likeness (QED) is 0.844. The Kier molecular flexibility index (Phi) is 3.65. The number of fused-ring (bicyclic) bond motifs is 1. The predicted octanol–water partition coefficient (Wildman–Crippen LogP) is 3.54. The van der Waals surface area contributed by atoms with E-state index in [1.54, 1.807) is 6.07 Å². The van der Waals surface area contributed by atoms with Gasteiger partial charge in [0.05, 0.1) is 7.11 Å². The predicted molar refractivity (Wildman–Crippen MR) is 81.8 cm³/mol. The first-order valence-electron chi connectivity index (χ1n) is 7.18. The molecular weight excluding hydrogens is 264 g/mol. The van der Waals surface area contributed by atoms with Crippen LogP contribution in [0.2, 0.25) is 0 Å². The first-order valence-corrected chi connectivity index (χ1v) is 7.18. The lowest BCUT2D eigenvalue weighted by Crippen LogP contribution is -2.09.